The minimum atomic E-state index is -0.176. The third-order valence-corrected chi connectivity index (χ3v) is 2.15. The van der Waals surface area contributed by atoms with E-state index in [1.165, 1.54) is 4.68 Å². The molecule has 0 radical (unpaired) electrons. The van der Waals surface area contributed by atoms with Crippen LogP contribution in [-0.4, -0.2) is 14.8 Å². The molecule has 0 saturated carbocycles. The molecule has 4 heteroatoms. The number of benzene rings is 1. The van der Waals surface area contributed by atoms with Crippen molar-refractivity contribution >= 4 is 0 Å². The molecule has 0 fully saturated rings. The molecular weight excluding hydrogens is 190 g/mol. The van der Waals surface area contributed by atoms with Gasteiger partial charge in [-0.15, -0.1) is 0 Å². The average molecular weight is 203 g/mol. The number of nitrogens with zero attached hydrogens (tertiary/aromatic N) is 2. The van der Waals surface area contributed by atoms with Crippen LogP contribution in [0.3, 0.4) is 0 Å². The van der Waals surface area contributed by atoms with Crippen LogP contribution in [0.1, 0.15) is 19.2 Å². The summed E-state index contributed by atoms with van der Waals surface area (Å²) in [6.07, 6.45) is 1.77. The lowest BCUT2D eigenvalue weighted by atomic mass is 10.3. The summed E-state index contributed by atoms with van der Waals surface area (Å²) in [4.78, 5) is 14.3. The van der Waals surface area contributed by atoms with Crippen LogP contribution in [0.5, 0.6) is 0 Å². The van der Waals surface area contributed by atoms with E-state index in [9.17, 15) is 4.79 Å². The van der Waals surface area contributed by atoms with Gasteiger partial charge in [-0.2, -0.15) is 9.78 Å². The van der Waals surface area contributed by atoms with Crippen molar-refractivity contribution in [3.8, 4) is 5.69 Å². The fourth-order valence-corrected chi connectivity index (χ4v) is 1.46. The molecule has 0 aliphatic carbocycles. The maximum atomic E-state index is 11.6. The normalized spacial score (nSPS) is 10.5. The first-order chi connectivity index (χ1) is 7.31. The van der Waals surface area contributed by atoms with Crippen LogP contribution < -0.4 is 5.69 Å². The van der Waals surface area contributed by atoms with Gasteiger partial charge in [-0.25, -0.2) is 4.79 Å². The number of rotatable bonds is 3. The molecule has 4 nitrogen and oxygen atoms in total. The Kier molecular flexibility index (Phi) is 2.67. The summed E-state index contributed by atoms with van der Waals surface area (Å²) in [5.74, 6) is 0.742. The van der Waals surface area contributed by atoms with Crippen LogP contribution in [0.2, 0.25) is 0 Å². The lowest BCUT2D eigenvalue weighted by molar-refractivity contribution is 0.791. The van der Waals surface area contributed by atoms with Crippen molar-refractivity contribution in [2.45, 2.75) is 19.8 Å². The summed E-state index contributed by atoms with van der Waals surface area (Å²) in [6.45, 7) is 2.06. The highest BCUT2D eigenvalue weighted by Crippen LogP contribution is 2.02. The van der Waals surface area contributed by atoms with Gasteiger partial charge in [0.15, 0.2) is 0 Å². The van der Waals surface area contributed by atoms with Gasteiger partial charge < -0.3 is 0 Å². The van der Waals surface area contributed by atoms with E-state index in [-0.39, 0.29) is 5.69 Å². The largest absolute Gasteiger partial charge is 0.348 e. The molecule has 0 saturated heterocycles. The molecule has 2 aromatic rings. The van der Waals surface area contributed by atoms with Gasteiger partial charge in [-0.3, -0.25) is 4.98 Å². The number of hydrogen-bond acceptors (Lipinski definition) is 2. The predicted molar refractivity (Wildman–Crippen MR) is 58.2 cm³/mol. The van der Waals surface area contributed by atoms with E-state index in [0.717, 1.165) is 24.4 Å². The summed E-state index contributed by atoms with van der Waals surface area (Å²) in [7, 11) is 0. The standard InChI is InChI=1S/C11H13N3O/c1-2-6-10-12-11(15)14(13-10)9-7-4-3-5-8-9/h3-5,7-8H,2,6H2,1H3,(H,12,13,15). The summed E-state index contributed by atoms with van der Waals surface area (Å²) >= 11 is 0. The topological polar surface area (TPSA) is 50.7 Å². The molecule has 0 bridgehead atoms. The van der Waals surface area contributed by atoms with E-state index in [4.69, 9.17) is 0 Å². The molecule has 0 atom stereocenters. The molecular formula is C11H13N3O. The van der Waals surface area contributed by atoms with Gasteiger partial charge in [-0.1, -0.05) is 25.1 Å². The Morgan fingerprint density at radius 3 is 2.73 bits per heavy atom. The lowest BCUT2D eigenvalue weighted by Crippen LogP contribution is -2.15. The Hall–Kier alpha value is -1.84. The molecule has 78 valence electrons. The highest BCUT2D eigenvalue weighted by molar-refractivity contribution is 5.29. The zero-order chi connectivity index (χ0) is 10.7. The minimum Gasteiger partial charge on any atom is -0.292 e. The van der Waals surface area contributed by atoms with E-state index >= 15 is 0 Å². The van der Waals surface area contributed by atoms with E-state index in [1.54, 1.807) is 0 Å². The van der Waals surface area contributed by atoms with E-state index in [1.807, 2.05) is 30.3 Å². The highest BCUT2D eigenvalue weighted by atomic mass is 16.1. The molecule has 0 unspecified atom stereocenters. The second-order valence-electron chi connectivity index (χ2n) is 3.37. The van der Waals surface area contributed by atoms with Crippen molar-refractivity contribution in [2.24, 2.45) is 0 Å². The summed E-state index contributed by atoms with van der Waals surface area (Å²) in [5, 5.41) is 4.22. The SMILES string of the molecule is CCCc1nn(-c2ccccc2)c(=O)[nH]1. The molecule has 0 amide bonds. The summed E-state index contributed by atoms with van der Waals surface area (Å²) in [6, 6.07) is 9.40. The van der Waals surface area contributed by atoms with Crippen LogP contribution in [0.25, 0.3) is 5.69 Å². The maximum Gasteiger partial charge on any atom is 0.348 e. The number of hydrogen-bond donors (Lipinski definition) is 1. The van der Waals surface area contributed by atoms with Gasteiger partial charge >= 0.3 is 5.69 Å². The van der Waals surface area contributed by atoms with E-state index in [2.05, 4.69) is 17.0 Å². The quantitative estimate of drug-likeness (QED) is 0.822. The van der Waals surface area contributed by atoms with Gasteiger partial charge in [0.05, 0.1) is 5.69 Å². The van der Waals surface area contributed by atoms with Crippen molar-refractivity contribution < 1.29 is 0 Å². The first-order valence-corrected chi connectivity index (χ1v) is 5.05. The van der Waals surface area contributed by atoms with Crippen molar-refractivity contribution in [3.63, 3.8) is 0 Å². The second-order valence-corrected chi connectivity index (χ2v) is 3.37. The zero-order valence-corrected chi connectivity index (χ0v) is 8.60. The third-order valence-electron chi connectivity index (χ3n) is 2.15. The Bertz CT molecular complexity index is 484. The Morgan fingerprint density at radius 2 is 2.07 bits per heavy atom. The molecule has 1 heterocycles. The van der Waals surface area contributed by atoms with Crippen molar-refractivity contribution in [1.82, 2.24) is 14.8 Å². The average Bonchev–Trinajstić information content (AvgIpc) is 2.61. The number of aryl methyl sites for hydroxylation is 1. The van der Waals surface area contributed by atoms with Crippen LogP contribution >= 0.6 is 0 Å². The Balaban J connectivity index is 2.41. The van der Waals surface area contributed by atoms with Crippen molar-refractivity contribution in [2.75, 3.05) is 0 Å². The molecule has 0 aliphatic heterocycles. The second kappa shape index (κ2) is 4.13. The fourth-order valence-electron chi connectivity index (χ4n) is 1.46. The van der Waals surface area contributed by atoms with E-state index < -0.39 is 0 Å². The van der Waals surface area contributed by atoms with Crippen LogP contribution in [-0.2, 0) is 6.42 Å². The molecule has 2 rings (SSSR count). The van der Waals surface area contributed by atoms with Crippen LogP contribution in [0.4, 0.5) is 0 Å². The molecule has 1 N–H and O–H groups in total. The van der Waals surface area contributed by atoms with Gasteiger partial charge in [0.2, 0.25) is 0 Å². The summed E-state index contributed by atoms with van der Waals surface area (Å²) < 4.78 is 1.39. The first-order valence-electron chi connectivity index (χ1n) is 5.05. The third kappa shape index (κ3) is 1.98. The van der Waals surface area contributed by atoms with Crippen molar-refractivity contribution in [3.05, 3.63) is 46.6 Å². The van der Waals surface area contributed by atoms with Gasteiger partial charge in [0.25, 0.3) is 0 Å². The fraction of sp³-hybridized carbons (Fsp3) is 0.273. The van der Waals surface area contributed by atoms with Crippen LogP contribution in [0, 0.1) is 0 Å². The maximum absolute atomic E-state index is 11.6. The van der Waals surface area contributed by atoms with Crippen LogP contribution in [0.15, 0.2) is 35.1 Å². The Morgan fingerprint density at radius 1 is 1.33 bits per heavy atom. The molecule has 15 heavy (non-hydrogen) atoms. The van der Waals surface area contributed by atoms with Crippen molar-refractivity contribution in [1.29, 1.82) is 0 Å². The molecule has 1 aromatic heterocycles. The molecule has 0 spiro atoms. The lowest BCUT2D eigenvalue weighted by Gasteiger charge is -1.96. The number of aromatic amines is 1. The van der Waals surface area contributed by atoms with Gasteiger partial charge in [-0.05, 0) is 18.6 Å². The number of nitrogens with one attached hydrogen (secondary N) is 1. The summed E-state index contributed by atoms with van der Waals surface area (Å²) in [5.41, 5.74) is 0.616. The van der Waals surface area contributed by atoms with Gasteiger partial charge in [0, 0.05) is 6.42 Å². The number of para-hydroxylation sites is 1. The predicted octanol–water partition coefficient (Wildman–Crippen LogP) is 1.51. The van der Waals surface area contributed by atoms with E-state index in [0.29, 0.717) is 0 Å². The monoisotopic (exact) mass is 203 g/mol. The number of aromatic nitrogens is 3. The Labute approximate surface area is 87.6 Å². The minimum absolute atomic E-state index is 0.176. The smallest absolute Gasteiger partial charge is 0.292 e. The number of H-pyrrole nitrogens is 1. The zero-order valence-electron chi connectivity index (χ0n) is 8.60. The molecule has 1 aromatic carbocycles. The molecule has 0 aliphatic rings. The first kappa shape index (κ1) is 9.71. The highest BCUT2D eigenvalue weighted by Gasteiger charge is 2.04. The van der Waals surface area contributed by atoms with Gasteiger partial charge in [0.1, 0.15) is 5.82 Å².